The van der Waals surface area contributed by atoms with E-state index >= 15 is 0 Å². The van der Waals surface area contributed by atoms with Crippen molar-refractivity contribution in [2.24, 2.45) is 0 Å². The summed E-state index contributed by atoms with van der Waals surface area (Å²) in [5, 5.41) is 0. The molecule has 0 nitrogen and oxygen atoms in total. The third-order valence-electron chi connectivity index (χ3n) is 1.24. The van der Waals surface area contributed by atoms with Gasteiger partial charge >= 0.3 is 58.4 Å². The van der Waals surface area contributed by atoms with Crippen molar-refractivity contribution in [3.05, 3.63) is 0 Å². The predicted octanol–water partition coefficient (Wildman–Crippen LogP) is -1.05. The van der Waals surface area contributed by atoms with Crippen LogP contribution in [0.1, 0.15) is 6.42 Å². The summed E-state index contributed by atoms with van der Waals surface area (Å²) in [7, 11) is 0. The number of hydrogen-bond acceptors (Lipinski definition) is 0. The first-order chi connectivity index (χ1) is 3.52. The molecule has 0 bridgehead atoms. The van der Waals surface area contributed by atoms with Crippen LogP contribution in [0.15, 0.2) is 0 Å². The van der Waals surface area contributed by atoms with Crippen molar-refractivity contribution in [1.82, 2.24) is 0 Å². The van der Waals surface area contributed by atoms with Crippen LogP contribution in [0, 0.1) is 0 Å². The van der Waals surface area contributed by atoms with Crippen LogP contribution < -0.4 is 51.4 Å². The van der Waals surface area contributed by atoms with Gasteiger partial charge in [0.25, 0.3) is 0 Å². The zero-order valence-corrected chi connectivity index (χ0v) is 8.07. The average Bonchev–Trinajstić information content (AvgIpc) is 2.13. The molecule has 1 aliphatic rings. The third kappa shape index (κ3) is 2.88. The van der Waals surface area contributed by atoms with Crippen LogP contribution in [-0.2, 0) is 0 Å². The van der Waals surface area contributed by atoms with Crippen LogP contribution in [0.5, 0.6) is 0 Å². The minimum atomic E-state index is -4.86. The van der Waals surface area contributed by atoms with Gasteiger partial charge in [0.15, 0.2) is 0 Å². The van der Waals surface area contributed by atoms with E-state index in [1.54, 1.807) is 0 Å². The standard InChI is InChI=1S/C3H4BF4.K/c5-3-1-2(3)4(6,7)8;/h2-3H,1H2;/q-1;+1/t2-,3-;/m1./s1. The molecule has 48 valence electrons. The van der Waals surface area contributed by atoms with E-state index in [1.807, 2.05) is 0 Å². The molecule has 1 fully saturated rings. The van der Waals surface area contributed by atoms with Crippen molar-refractivity contribution < 1.29 is 68.7 Å². The van der Waals surface area contributed by atoms with Crippen molar-refractivity contribution >= 4 is 6.98 Å². The minimum absolute atomic E-state index is 0. The van der Waals surface area contributed by atoms with Crippen LogP contribution in [0.3, 0.4) is 0 Å². The number of alkyl halides is 1. The first-order valence-corrected chi connectivity index (χ1v) is 2.36. The van der Waals surface area contributed by atoms with E-state index < -0.39 is 19.0 Å². The maximum Gasteiger partial charge on any atom is 1.00 e. The molecule has 0 unspecified atom stereocenters. The van der Waals surface area contributed by atoms with E-state index in [0.717, 1.165) is 0 Å². The van der Waals surface area contributed by atoms with Crippen molar-refractivity contribution in [1.29, 1.82) is 0 Å². The van der Waals surface area contributed by atoms with Crippen molar-refractivity contribution in [2.75, 3.05) is 0 Å². The van der Waals surface area contributed by atoms with E-state index in [1.165, 1.54) is 0 Å². The van der Waals surface area contributed by atoms with Gasteiger partial charge in [-0.1, -0.05) is 0 Å². The van der Waals surface area contributed by atoms with Crippen LogP contribution in [0.4, 0.5) is 17.3 Å². The molecule has 6 heteroatoms. The summed E-state index contributed by atoms with van der Waals surface area (Å²) in [6.45, 7) is -4.86. The van der Waals surface area contributed by atoms with Gasteiger partial charge in [-0.25, -0.2) is 0 Å². The molecule has 1 saturated carbocycles. The normalized spacial score (nSPS) is 33.3. The molecule has 1 rings (SSSR count). The largest absolute Gasteiger partial charge is 1.00 e. The van der Waals surface area contributed by atoms with Gasteiger partial charge in [-0.3, -0.25) is 4.39 Å². The predicted molar refractivity (Wildman–Crippen MR) is 22.3 cm³/mol. The molecule has 2 atom stereocenters. The summed E-state index contributed by atoms with van der Waals surface area (Å²) in [6, 6.07) is 0. The molecule has 0 amide bonds. The van der Waals surface area contributed by atoms with Gasteiger partial charge < -0.3 is 12.9 Å². The maximum atomic E-state index is 11.6. The van der Waals surface area contributed by atoms with Crippen molar-refractivity contribution in [2.45, 2.75) is 18.4 Å². The van der Waals surface area contributed by atoms with Crippen molar-refractivity contribution in [3.63, 3.8) is 0 Å². The summed E-state index contributed by atoms with van der Waals surface area (Å²) in [5.41, 5.74) is 0. The van der Waals surface area contributed by atoms with Crippen LogP contribution >= 0.6 is 0 Å². The van der Waals surface area contributed by atoms with Gasteiger partial charge in [0.1, 0.15) is 0 Å². The summed E-state index contributed by atoms with van der Waals surface area (Å²) in [6.07, 6.45) is -1.89. The molecule has 0 heterocycles. The molecule has 0 N–H and O–H groups in total. The molecular weight excluding hydrogens is 162 g/mol. The zero-order chi connectivity index (χ0) is 6.36. The van der Waals surface area contributed by atoms with Gasteiger partial charge in [0.2, 0.25) is 0 Å². The summed E-state index contributed by atoms with van der Waals surface area (Å²) in [4.78, 5) is 0. The van der Waals surface area contributed by atoms with Gasteiger partial charge in [-0.15, -0.1) is 0 Å². The van der Waals surface area contributed by atoms with Gasteiger partial charge in [0, 0.05) is 0 Å². The molecule has 0 aromatic carbocycles. The summed E-state index contributed by atoms with van der Waals surface area (Å²) < 4.78 is 45.5. The smallest absolute Gasteiger partial charge is 0.449 e. The average molecular weight is 166 g/mol. The zero-order valence-electron chi connectivity index (χ0n) is 4.95. The van der Waals surface area contributed by atoms with Gasteiger partial charge in [-0.2, -0.15) is 0 Å². The Kier molecular flexibility index (Phi) is 3.72. The van der Waals surface area contributed by atoms with Gasteiger partial charge in [-0.05, 0) is 12.2 Å². The topological polar surface area (TPSA) is 0 Å². The fraction of sp³-hybridized carbons (Fsp3) is 1.00. The molecule has 0 aliphatic heterocycles. The first-order valence-electron chi connectivity index (χ1n) is 2.36. The molecule has 9 heavy (non-hydrogen) atoms. The Morgan fingerprint density at radius 2 is 1.56 bits per heavy atom. The fourth-order valence-corrected chi connectivity index (χ4v) is 0.573. The molecule has 0 spiro atoms. The molecule has 1 aliphatic carbocycles. The van der Waals surface area contributed by atoms with E-state index in [-0.39, 0.29) is 57.8 Å². The Hall–Kier alpha value is 1.42. The molecule has 0 radical (unpaired) electrons. The monoisotopic (exact) mass is 166 g/mol. The second-order valence-corrected chi connectivity index (χ2v) is 2.04. The Bertz CT molecular complexity index is 102. The maximum absolute atomic E-state index is 11.6. The molecule has 0 saturated heterocycles. The summed E-state index contributed by atoms with van der Waals surface area (Å²) in [5.74, 6) is -1.59. The minimum Gasteiger partial charge on any atom is -0.449 e. The van der Waals surface area contributed by atoms with E-state index in [4.69, 9.17) is 0 Å². The van der Waals surface area contributed by atoms with Crippen LogP contribution in [0.2, 0.25) is 5.82 Å². The molecular formula is C3H4BF4K. The Morgan fingerprint density at radius 1 is 1.22 bits per heavy atom. The van der Waals surface area contributed by atoms with Crippen LogP contribution in [0.25, 0.3) is 0 Å². The first kappa shape index (κ1) is 10.4. The van der Waals surface area contributed by atoms with E-state index in [0.29, 0.717) is 0 Å². The van der Waals surface area contributed by atoms with Crippen molar-refractivity contribution in [3.8, 4) is 0 Å². The summed E-state index contributed by atoms with van der Waals surface area (Å²) >= 11 is 0. The second kappa shape index (κ2) is 3.21. The number of rotatable bonds is 1. The van der Waals surface area contributed by atoms with Gasteiger partial charge in [0.05, 0.1) is 6.17 Å². The Labute approximate surface area is 92.9 Å². The third-order valence-corrected chi connectivity index (χ3v) is 1.24. The fourth-order valence-electron chi connectivity index (χ4n) is 0.573. The number of halogens is 4. The molecule has 0 aromatic rings. The Morgan fingerprint density at radius 3 is 1.56 bits per heavy atom. The number of hydrogen-bond donors (Lipinski definition) is 0. The SMILES string of the molecule is F[C@@H]1C[C@H]1[B-](F)(F)F.[K+]. The second-order valence-electron chi connectivity index (χ2n) is 2.04. The quantitative estimate of drug-likeness (QED) is 0.344. The molecule has 0 aromatic heterocycles. The van der Waals surface area contributed by atoms with E-state index in [2.05, 4.69) is 0 Å². The van der Waals surface area contributed by atoms with E-state index in [9.17, 15) is 17.3 Å². The van der Waals surface area contributed by atoms with Crippen LogP contribution in [-0.4, -0.2) is 13.1 Å². The Balaban J connectivity index is 0.000000640.